The van der Waals surface area contributed by atoms with Crippen molar-refractivity contribution in [3.63, 3.8) is 0 Å². The molecule has 0 unspecified atom stereocenters. The molecule has 0 amide bonds. The summed E-state index contributed by atoms with van der Waals surface area (Å²) in [5, 5.41) is 0. The van der Waals surface area contributed by atoms with Crippen molar-refractivity contribution in [2.45, 2.75) is 13.8 Å². The highest BCUT2D eigenvalue weighted by atomic mass is 16.5. The second-order valence-corrected chi connectivity index (χ2v) is 5.31. The van der Waals surface area contributed by atoms with Gasteiger partial charge in [0.2, 0.25) is 0 Å². The van der Waals surface area contributed by atoms with E-state index in [1.54, 1.807) is 48.5 Å². The number of aldehydes is 1. The summed E-state index contributed by atoms with van der Waals surface area (Å²) in [6.07, 6.45) is 0.738. The standard InChI is InChI=1S/C18H18O4/c1-13(2)12-21-16-9-5-15(6-10-16)18(20)22-17-7-3-14(11-19)4-8-17/h3-11,13H,12H2,1-2H3. The Hall–Kier alpha value is -2.62. The molecule has 4 heteroatoms. The van der Waals surface area contributed by atoms with Crippen molar-refractivity contribution in [2.24, 2.45) is 5.92 Å². The van der Waals surface area contributed by atoms with Crippen LogP contribution in [0.4, 0.5) is 0 Å². The number of esters is 1. The van der Waals surface area contributed by atoms with Crippen LogP contribution in [0, 0.1) is 5.92 Å². The quantitative estimate of drug-likeness (QED) is 0.463. The number of hydrogen-bond acceptors (Lipinski definition) is 4. The maximum atomic E-state index is 12.0. The van der Waals surface area contributed by atoms with E-state index in [2.05, 4.69) is 13.8 Å². The van der Waals surface area contributed by atoms with Crippen LogP contribution >= 0.6 is 0 Å². The molecule has 0 fully saturated rings. The van der Waals surface area contributed by atoms with Gasteiger partial charge in [-0.2, -0.15) is 0 Å². The maximum absolute atomic E-state index is 12.0. The van der Waals surface area contributed by atoms with E-state index in [4.69, 9.17) is 9.47 Å². The third-order valence-corrected chi connectivity index (χ3v) is 2.90. The molecule has 0 atom stereocenters. The molecule has 4 nitrogen and oxygen atoms in total. The zero-order chi connectivity index (χ0) is 15.9. The van der Waals surface area contributed by atoms with Gasteiger partial charge in [-0.25, -0.2) is 4.79 Å². The van der Waals surface area contributed by atoms with Crippen molar-refractivity contribution in [1.82, 2.24) is 0 Å². The average molecular weight is 298 g/mol. The lowest BCUT2D eigenvalue weighted by molar-refractivity contribution is 0.0734. The number of hydrogen-bond donors (Lipinski definition) is 0. The van der Waals surface area contributed by atoms with E-state index >= 15 is 0 Å². The van der Waals surface area contributed by atoms with Gasteiger partial charge in [-0.15, -0.1) is 0 Å². The Morgan fingerprint density at radius 1 is 1.00 bits per heavy atom. The summed E-state index contributed by atoms with van der Waals surface area (Å²) < 4.78 is 10.8. The topological polar surface area (TPSA) is 52.6 Å². The number of carbonyl (C=O) groups excluding carboxylic acids is 2. The van der Waals surface area contributed by atoms with E-state index in [0.717, 1.165) is 12.0 Å². The van der Waals surface area contributed by atoms with E-state index in [0.29, 0.717) is 29.4 Å². The smallest absolute Gasteiger partial charge is 0.343 e. The van der Waals surface area contributed by atoms with Crippen LogP contribution in [0.2, 0.25) is 0 Å². The van der Waals surface area contributed by atoms with Crippen molar-refractivity contribution >= 4 is 12.3 Å². The van der Waals surface area contributed by atoms with E-state index in [1.807, 2.05) is 0 Å². The van der Waals surface area contributed by atoms with E-state index in [9.17, 15) is 9.59 Å². The molecule has 0 aromatic heterocycles. The predicted octanol–water partition coefficient (Wildman–Crippen LogP) is 3.75. The SMILES string of the molecule is CC(C)COc1ccc(C(=O)Oc2ccc(C=O)cc2)cc1. The molecule has 22 heavy (non-hydrogen) atoms. The summed E-state index contributed by atoms with van der Waals surface area (Å²) >= 11 is 0. The van der Waals surface area contributed by atoms with Crippen LogP contribution in [0.25, 0.3) is 0 Å². The number of benzene rings is 2. The van der Waals surface area contributed by atoms with Gasteiger partial charge in [-0.05, 0) is 54.4 Å². The second-order valence-electron chi connectivity index (χ2n) is 5.31. The van der Waals surface area contributed by atoms with Gasteiger partial charge in [-0.1, -0.05) is 13.8 Å². The maximum Gasteiger partial charge on any atom is 0.343 e. The fourth-order valence-electron chi connectivity index (χ4n) is 1.73. The van der Waals surface area contributed by atoms with Crippen molar-refractivity contribution in [2.75, 3.05) is 6.61 Å². The predicted molar refractivity (Wildman–Crippen MR) is 83.6 cm³/mol. The Kier molecular flexibility index (Phi) is 5.31. The van der Waals surface area contributed by atoms with Gasteiger partial charge in [-0.3, -0.25) is 4.79 Å². The van der Waals surface area contributed by atoms with Crippen molar-refractivity contribution in [3.8, 4) is 11.5 Å². The molecule has 2 aromatic rings. The zero-order valence-corrected chi connectivity index (χ0v) is 12.6. The van der Waals surface area contributed by atoms with Crippen LogP contribution in [0.3, 0.4) is 0 Å². The van der Waals surface area contributed by atoms with Gasteiger partial charge >= 0.3 is 5.97 Å². The summed E-state index contributed by atoms with van der Waals surface area (Å²) in [5.41, 5.74) is 0.975. The first kappa shape index (κ1) is 15.8. The van der Waals surface area contributed by atoms with E-state index in [-0.39, 0.29) is 0 Å². The monoisotopic (exact) mass is 298 g/mol. The zero-order valence-electron chi connectivity index (χ0n) is 12.6. The first-order valence-electron chi connectivity index (χ1n) is 7.09. The Morgan fingerprint density at radius 3 is 2.14 bits per heavy atom. The second kappa shape index (κ2) is 7.41. The highest BCUT2D eigenvalue weighted by Gasteiger charge is 2.09. The average Bonchev–Trinajstić information content (AvgIpc) is 2.54. The normalized spacial score (nSPS) is 10.3. The van der Waals surface area contributed by atoms with Gasteiger partial charge < -0.3 is 9.47 Å². The Labute approximate surface area is 129 Å². The van der Waals surface area contributed by atoms with Crippen molar-refractivity contribution in [3.05, 3.63) is 59.7 Å². The molecule has 0 N–H and O–H groups in total. The molecule has 2 rings (SSSR count). The largest absolute Gasteiger partial charge is 0.493 e. The first-order valence-corrected chi connectivity index (χ1v) is 7.09. The minimum atomic E-state index is -0.450. The summed E-state index contributed by atoms with van der Waals surface area (Å²) in [4.78, 5) is 22.6. The molecule has 114 valence electrons. The lowest BCUT2D eigenvalue weighted by Gasteiger charge is -2.09. The molecule has 0 saturated heterocycles. The molecule has 0 aliphatic carbocycles. The Bertz CT molecular complexity index is 627. The first-order chi connectivity index (χ1) is 10.6. The lowest BCUT2D eigenvalue weighted by atomic mass is 10.2. The highest BCUT2D eigenvalue weighted by molar-refractivity contribution is 5.91. The molecule has 0 spiro atoms. The molecule has 0 aliphatic heterocycles. The number of carbonyl (C=O) groups is 2. The molecular weight excluding hydrogens is 280 g/mol. The number of rotatable bonds is 6. The fourth-order valence-corrected chi connectivity index (χ4v) is 1.73. The van der Waals surface area contributed by atoms with Gasteiger partial charge in [0.15, 0.2) is 0 Å². The molecule has 0 heterocycles. The summed E-state index contributed by atoms with van der Waals surface area (Å²) in [7, 11) is 0. The van der Waals surface area contributed by atoms with Crippen molar-refractivity contribution < 1.29 is 19.1 Å². The van der Waals surface area contributed by atoms with Gasteiger partial charge in [0.25, 0.3) is 0 Å². The molecular formula is C18H18O4. The van der Waals surface area contributed by atoms with Crippen LogP contribution in [0.5, 0.6) is 11.5 Å². The third-order valence-electron chi connectivity index (χ3n) is 2.90. The molecule has 0 saturated carbocycles. The van der Waals surface area contributed by atoms with Gasteiger partial charge in [0, 0.05) is 5.56 Å². The Balaban J connectivity index is 1.98. The molecule has 0 radical (unpaired) electrons. The van der Waals surface area contributed by atoms with Crippen molar-refractivity contribution in [1.29, 1.82) is 0 Å². The van der Waals surface area contributed by atoms with Gasteiger partial charge in [0.05, 0.1) is 12.2 Å². The van der Waals surface area contributed by atoms with Crippen LogP contribution in [0.1, 0.15) is 34.6 Å². The lowest BCUT2D eigenvalue weighted by Crippen LogP contribution is -2.09. The molecule has 2 aromatic carbocycles. The minimum absolute atomic E-state index is 0.399. The van der Waals surface area contributed by atoms with Crippen LogP contribution in [-0.4, -0.2) is 18.9 Å². The summed E-state index contributed by atoms with van der Waals surface area (Å²) in [6.45, 7) is 4.77. The fraction of sp³-hybridized carbons (Fsp3) is 0.222. The summed E-state index contributed by atoms with van der Waals surface area (Å²) in [5.74, 6) is 1.12. The van der Waals surface area contributed by atoms with Crippen LogP contribution in [0.15, 0.2) is 48.5 Å². The van der Waals surface area contributed by atoms with E-state index < -0.39 is 5.97 Å². The number of ether oxygens (including phenoxy) is 2. The van der Waals surface area contributed by atoms with E-state index in [1.165, 1.54) is 0 Å². The van der Waals surface area contributed by atoms with Crippen LogP contribution < -0.4 is 9.47 Å². The highest BCUT2D eigenvalue weighted by Crippen LogP contribution is 2.16. The Morgan fingerprint density at radius 2 is 1.59 bits per heavy atom. The summed E-state index contributed by atoms with van der Waals surface area (Å²) in [6, 6.07) is 13.2. The van der Waals surface area contributed by atoms with Gasteiger partial charge in [0.1, 0.15) is 17.8 Å². The minimum Gasteiger partial charge on any atom is -0.493 e. The van der Waals surface area contributed by atoms with Crippen LogP contribution in [-0.2, 0) is 0 Å². The molecule has 0 bridgehead atoms. The molecule has 0 aliphatic rings. The third kappa shape index (κ3) is 4.45.